The van der Waals surface area contributed by atoms with Crippen LogP contribution in [0.4, 0.5) is 5.82 Å². The van der Waals surface area contributed by atoms with Crippen molar-refractivity contribution < 1.29 is 8.42 Å². The molecule has 1 fully saturated rings. The monoisotopic (exact) mass is 323 g/mol. The number of nitrogens with one attached hydrogen (secondary N) is 2. The third-order valence-electron chi connectivity index (χ3n) is 3.95. The highest BCUT2D eigenvalue weighted by Gasteiger charge is 2.31. The topological polar surface area (TPSA) is 91.0 Å². The van der Waals surface area contributed by atoms with Gasteiger partial charge in [-0.2, -0.15) is 4.31 Å². The van der Waals surface area contributed by atoms with Crippen molar-refractivity contribution in [2.45, 2.75) is 38.0 Å². The summed E-state index contributed by atoms with van der Waals surface area (Å²) >= 11 is 0. The molecular formula is C14H21N5O2S. The zero-order valence-corrected chi connectivity index (χ0v) is 13.6. The second-order valence-corrected chi connectivity index (χ2v) is 8.39. The Morgan fingerprint density at radius 1 is 1.45 bits per heavy atom. The predicted molar refractivity (Wildman–Crippen MR) is 86.2 cm³/mol. The molecule has 0 amide bonds. The Morgan fingerprint density at radius 2 is 2.27 bits per heavy atom. The van der Waals surface area contributed by atoms with Crippen LogP contribution in [-0.2, 0) is 10.0 Å². The van der Waals surface area contributed by atoms with Gasteiger partial charge in [-0.1, -0.05) is 0 Å². The fraction of sp³-hybridized carbons (Fsp3) is 0.571. The van der Waals surface area contributed by atoms with Gasteiger partial charge < -0.3 is 10.3 Å². The molecule has 1 aliphatic heterocycles. The molecule has 7 nitrogen and oxygen atoms in total. The van der Waals surface area contributed by atoms with Crippen LogP contribution in [0.5, 0.6) is 0 Å². The van der Waals surface area contributed by atoms with Gasteiger partial charge >= 0.3 is 0 Å². The number of hydrogen-bond acceptors (Lipinski definition) is 5. The highest BCUT2D eigenvalue weighted by molar-refractivity contribution is 7.89. The Labute approximate surface area is 130 Å². The number of nitrogens with zero attached hydrogens (tertiary/aromatic N) is 3. The molecule has 3 rings (SSSR count). The Kier molecular flexibility index (Phi) is 4.05. The van der Waals surface area contributed by atoms with E-state index >= 15 is 0 Å². The van der Waals surface area contributed by atoms with E-state index in [0.29, 0.717) is 18.9 Å². The predicted octanol–water partition coefficient (Wildman–Crippen LogP) is 1.57. The van der Waals surface area contributed by atoms with Gasteiger partial charge in [0.2, 0.25) is 10.0 Å². The Morgan fingerprint density at radius 3 is 3.05 bits per heavy atom. The van der Waals surface area contributed by atoms with Crippen LogP contribution in [0.3, 0.4) is 0 Å². The first-order valence-electron chi connectivity index (χ1n) is 7.52. The standard InChI is InChI=1S/C14H21N5O2S/c1-10(2)22(20,21)19-7-3-4-11(9-19)17-13-8-16-14-12(18-13)5-6-15-14/h5-6,8,10-11H,3-4,7,9H2,1-2H3,(H,15,16)(H,17,18). The van der Waals surface area contributed by atoms with E-state index in [1.165, 1.54) is 0 Å². The van der Waals surface area contributed by atoms with E-state index in [1.807, 2.05) is 6.07 Å². The molecule has 8 heteroatoms. The second-order valence-electron chi connectivity index (χ2n) is 5.90. The molecule has 3 heterocycles. The van der Waals surface area contributed by atoms with Gasteiger partial charge in [0.1, 0.15) is 11.3 Å². The molecule has 0 aromatic carbocycles. The van der Waals surface area contributed by atoms with Crippen molar-refractivity contribution in [2.75, 3.05) is 18.4 Å². The third-order valence-corrected chi connectivity index (χ3v) is 6.20. The van der Waals surface area contributed by atoms with Gasteiger partial charge in [0.05, 0.1) is 11.4 Å². The lowest BCUT2D eigenvalue weighted by molar-refractivity contribution is 0.324. The molecule has 2 aromatic heterocycles. The van der Waals surface area contributed by atoms with Crippen molar-refractivity contribution in [3.8, 4) is 0 Å². The van der Waals surface area contributed by atoms with Crippen LogP contribution in [0, 0.1) is 0 Å². The molecular weight excluding hydrogens is 302 g/mol. The summed E-state index contributed by atoms with van der Waals surface area (Å²) in [6.45, 7) is 4.52. The summed E-state index contributed by atoms with van der Waals surface area (Å²) in [5.74, 6) is 0.681. The largest absolute Gasteiger partial charge is 0.365 e. The fourth-order valence-corrected chi connectivity index (χ4v) is 4.07. The van der Waals surface area contributed by atoms with Crippen LogP contribution in [0.15, 0.2) is 18.5 Å². The second kappa shape index (κ2) is 5.85. The number of rotatable bonds is 4. The number of anilines is 1. The van der Waals surface area contributed by atoms with Gasteiger partial charge in [-0.25, -0.2) is 18.4 Å². The van der Waals surface area contributed by atoms with E-state index in [2.05, 4.69) is 20.3 Å². The van der Waals surface area contributed by atoms with Gasteiger partial charge in [-0.3, -0.25) is 0 Å². The van der Waals surface area contributed by atoms with Crippen LogP contribution in [0.1, 0.15) is 26.7 Å². The Hall–Kier alpha value is -1.67. The van der Waals surface area contributed by atoms with Crippen molar-refractivity contribution in [3.63, 3.8) is 0 Å². The van der Waals surface area contributed by atoms with Crippen LogP contribution < -0.4 is 5.32 Å². The average molecular weight is 323 g/mol. The molecule has 1 aliphatic rings. The van der Waals surface area contributed by atoms with Crippen molar-refractivity contribution in [3.05, 3.63) is 18.5 Å². The van der Waals surface area contributed by atoms with Gasteiger partial charge in [0.15, 0.2) is 5.65 Å². The Balaban J connectivity index is 1.72. The lowest BCUT2D eigenvalue weighted by Crippen LogP contribution is -2.47. The molecule has 2 aromatic rings. The van der Waals surface area contributed by atoms with E-state index in [0.717, 1.165) is 24.0 Å². The smallest absolute Gasteiger partial charge is 0.216 e. The summed E-state index contributed by atoms with van der Waals surface area (Å²) < 4.78 is 26.2. The molecule has 2 N–H and O–H groups in total. The van der Waals surface area contributed by atoms with Crippen LogP contribution in [0.2, 0.25) is 0 Å². The quantitative estimate of drug-likeness (QED) is 0.891. The minimum atomic E-state index is -3.20. The number of aromatic amines is 1. The number of H-pyrrole nitrogens is 1. The normalized spacial score (nSPS) is 20.6. The first kappa shape index (κ1) is 15.2. The van der Waals surface area contributed by atoms with Crippen molar-refractivity contribution in [1.29, 1.82) is 0 Å². The van der Waals surface area contributed by atoms with E-state index < -0.39 is 10.0 Å². The maximum atomic E-state index is 12.3. The van der Waals surface area contributed by atoms with Crippen molar-refractivity contribution in [1.82, 2.24) is 19.3 Å². The van der Waals surface area contributed by atoms with Gasteiger partial charge in [0, 0.05) is 25.3 Å². The van der Waals surface area contributed by atoms with E-state index in [1.54, 1.807) is 30.5 Å². The zero-order valence-electron chi connectivity index (χ0n) is 12.8. The molecule has 1 saturated heterocycles. The average Bonchev–Trinajstić information content (AvgIpc) is 2.95. The summed E-state index contributed by atoms with van der Waals surface area (Å²) in [7, 11) is -3.20. The highest BCUT2D eigenvalue weighted by atomic mass is 32.2. The summed E-state index contributed by atoms with van der Waals surface area (Å²) in [5, 5.41) is 2.92. The Bertz CT molecular complexity index is 755. The number of aromatic nitrogens is 3. The number of hydrogen-bond donors (Lipinski definition) is 2. The zero-order chi connectivity index (χ0) is 15.7. The number of piperidine rings is 1. The van der Waals surface area contributed by atoms with Gasteiger partial charge in [-0.15, -0.1) is 0 Å². The maximum Gasteiger partial charge on any atom is 0.216 e. The molecule has 120 valence electrons. The molecule has 0 aliphatic carbocycles. The molecule has 22 heavy (non-hydrogen) atoms. The molecule has 0 spiro atoms. The summed E-state index contributed by atoms with van der Waals surface area (Å²) in [6.07, 6.45) is 5.25. The lowest BCUT2D eigenvalue weighted by atomic mass is 10.1. The first-order chi connectivity index (χ1) is 10.5. The minimum absolute atomic E-state index is 0.0629. The highest BCUT2D eigenvalue weighted by Crippen LogP contribution is 2.20. The van der Waals surface area contributed by atoms with Crippen molar-refractivity contribution >= 4 is 27.0 Å². The van der Waals surface area contributed by atoms with E-state index in [9.17, 15) is 8.42 Å². The van der Waals surface area contributed by atoms with Crippen LogP contribution in [-0.4, -0.2) is 52.1 Å². The lowest BCUT2D eigenvalue weighted by Gasteiger charge is -2.33. The van der Waals surface area contributed by atoms with E-state index in [-0.39, 0.29) is 11.3 Å². The maximum absolute atomic E-state index is 12.3. The molecule has 0 saturated carbocycles. The summed E-state index contributed by atoms with van der Waals surface area (Å²) in [6, 6.07) is 1.93. The summed E-state index contributed by atoms with van der Waals surface area (Å²) in [5.41, 5.74) is 1.55. The molecule has 0 radical (unpaired) electrons. The van der Waals surface area contributed by atoms with Gasteiger partial charge in [0.25, 0.3) is 0 Å². The first-order valence-corrected chi connectivity index (χ1v) is 9.03. The molecule has 1 atom stereocenters. The SMILES string of the molecule is CC(C)S(=O)(=O)N1CCCC(Nc2cnc3[nH]ccc3n2)C1. The fourth-order valence-electron chi connectivity index (χ4n) is 2.70. The molecule has 1 unspecified atom stereocenters. The van der Waals surface area contributed by atoms with Crippen LogP contribution in [0.25, 0.3) is 11.2 Å². The van der Waals surface area contributed by atoms with Crippen molar-refractivity contribution in [2.24, 2.45) is 0 Å². The number of fused-ring (bicyclic) bond motifs is 1. The minimum Gasteiger partial charge on any atom is -0.365 e. The number of sulfonamides is 1. The molecule has 0 bridgehead atoms. The van der Waals surface area contributed by atoms with E-state index in [4.69, 9.17) is 0 Å². The summed E-state index contributed by atoms with van der Waals surface area (Å²) in [4.78, 5) is 11.8. The van der Waals surface area contributed by atoms with Crippen LogP contribution >= 0.6 is 0 Å². The van der Waals surface area contributed by atoms with Gasteiger partial charge in [-0.05, 0) is 32.8 Å². The third kappa shape index (κ3) is 2.93.